The lowest BCUT2D eigenvalue weighted by Crippen LogP contribution is -2.39. The van der Waals surface area contributed by atoms with Gasteiger partial charge in [-0.25, -0.2) is 0 Å². The highest BCUT2D eigenvalue weighted by atomic mass is 19.4. The maximum Gasteiger partial charge on any atom is 0.435 e. The molecule has 0 aliphatic carbocycles. The van der Waals surface area contributed by atoms with E-state index in [-0.39, 0.29) is 5.69 Å². The molecule has 1 atom stereocenters. The number of aromatic amines is 1. The first kappa shape index (κ1) is 12.8. The highest BCUT2D eigenvalue weighted by Gasteiger charge is 2.38. The standard InChI is InChI=1S/C7H7F6N3/c8-6(9,10)4(14)1-3-2-5(16-15-3)7(11,12)13/h2,4H,1,14H2,(H,15,16). The van der Waals surface area contributed by atoms with E-state index in [0.717, 1.165) is 0 Å². The number of nitrogens with two attached hydrogens (primary N) is 1. The lowest BCUT2D eigenvalue weighted by atomic mass is 10.1. The van der Waals surface area contributed by atoms with E-state index in [1.165, 1.54) is 0 Å². The Labute approximate surface area is 85.6 Å². The first-order chi connectivity index (χ1) is 7.10. The fraction of sp³-hybridized carbons (Fsp3) is 0.571. The number of aromatic nitrogens is 2. The Morgan fingerprint density at radius 2 is 1.81 bits per heavy atom. The number of rotatable bonds is 2. The summed E-state index contributed by atoms with van der Waals surface area (Å²) in [5.41, 5.74) is 3.17. The molecule has 0 aromatic carbocycles. The predicted octanol–water partition coefficient (Wildman–Crippen LogP) is 1.86. The van der Waals surface area contributed by atoms with Gasteiger partial charge in [-0.3, -0.25) is 5.10 Å². The van der Waals surface area contributed by atoms with Crippen molar-refractivity contribution < 1.29 is 26.3 Å². The van der Waals surface area contributed by atoms with Crippen LogP contribution in [0.4, 0.5) is 26.3 Å². The number of hydrogen-bond acceptors (Lipinski definition) is 2. The molecule has 0 radical (unpaired) electrons. The molecule has 0 fully saturated rings. The van der Waals surface area contributed by atoms with Crippen LogP contribution in [-0.4, -0.2) is 22.4 Å². The summed E-state index contributed by atoms with van der Waals surface area (Å²) in [6.07, 6.45) is -10.1. The van der Waals surface area contributed by atoms with Crippen LogP contribution in [0.1, 0.15) is 11.4 Å². The molecule has 1 aromatic rings. The van der Waals surface area contributed by atoms with Crippen molar-refractivity contribution in [3.05, 3.63) is 17.5 Å². The summed E-state index contributed by atoms with van der Waals surface area (Å²) in [5, 5.41) is 4.71. The number of alkyl halides is 6. The topological polar surface area (TPSA) is 54.7 Å². The fourth-order valence-corrected chi connectivity index (χ4v) is 0.964. The van der Waals surface area contributed by atoms with Gasteiger partial charge >= 0.3 is 12.4 Å². The molecule has 3 N–H and O–H groups in total. The van der Waals surface area contributed by atoms with Crippen LogP contribution in [0.2, 0.25) is 0 Å². The molecule has 0 saturated carbocycles. The van der Waals surface area contributed by atoms with Crippen molar-refractivity contribution in [2.45, 2.75) is 24.8 Å². The minimum Gasteiger partial charge on any atom is -0.320 e. The SMILES string of the molecule is NC(Cc1cc(C(F)(F)F)n[nH]1)C(F)(F)F. The van der Waals surface area contributed by atoms with E-state index in [0.29, 0.717) is 6.07 Å². The average molecular weight is 247 g/mol. The lowest BCUT2D eigenvalue weighted by Gasteiger charge is -2.13. The Kier molecular flexibility index (Phi) is 3.17. The summed E-state index contributed by atoms with van der Waals surface area (Å²) in [4.78, 5) is 0. The van der Waals surface area contributed by atoms with Crippen molar-refractivity contribution in [1.82, 2.24) is 10.2 Å². The van der Waals surface area contributed by atoms with Gasteiger partial charge in [0.2, 0.25) is 0 Å². The van der Waals surface area contributed by atoms with E-state index in [1.54, 1.807) is 0 Å². The van der Waals surface area contributed by atoms with Gasteiger partial charge < -0.3 is 5.73 Å². The van der Waals surface area contributed by atoms with E-state index < -0.39 is 30.5 Å². The van der Waals surface area contributed by atoms with Crippen LogP contribution in [0.5, 0.6) is 0 Å². The van der Waals surface area contributed by atoms with Crippen molar-refractivity contribution in [2.75, 3.05) is 0 Å². The molecule has 1 rings (SSSR count). The van der Waals surface area contributed by atoms with Gasteiger partial charge in [0.25, 0.3) is 0 Å². The van der Waals surface area contributed by atoms with Crippen molar-refractivity contribution in [2.24, 2.45) is 5.73 Å². The monoisotopic (exact) mass is 247 g/mol. The van der Waals surface area contributed by atoms with Gasteiger partial charge in [-0.15, -0.1) is 0 Å². The predicted molar refractivity (Wildman–Crippen MR) is 41.3 cm³/mol. The maximum absolute atomic E-state index is 12.0. The second kappa shape index (κ2) is 3.96. The molecular formula is C7H7F6N3. The Balaban J connectivity index is 2.74. The molecule has 0 bridgehead atoms. The van der Waals surface area contributed by atoms with Gasteiger partial charge in [0.15, 0.2) is 5.69 Å². The van der Waals surface area contributed by atoms with Gasteiger partial charge in [0.1, 0.15) is 6.04 Å². The van der Waals surface area contributed by atoms with Crippen molar-refractivity contribution in [3.63, 3.8) is 0 Å². The molecule has 0 spiro atoms. The van der Waals surface area contributed by atoms with E-state index in [9.17, 15) is 26.3 Å². The first-order valence-electron chi connectivity index (χ1n) is 4.04. The van der Waals surface area contributed by atoms with Gasteiger partial charge in [-0.2, -0.15) is 31.4 Å². The summed E-state index contributed by atoms with van der Waals surface area (Å²) < 4.78 is 72.1. The molecule has 0 aliphatic heterocycles. The normalized spacial score (nSPS) is 15.2. The summed E-state index contributed by atoms with van der Waals surface area (Å²) in [6, 6.07) is -1.71. The highest BCUT2D eigenvalue weighted by molar-refractivity contribution is 5.12. The summed E-state index contributed by atoms with van der Waals surface area (Å²) in [7, 11) is 0. The zero-order chi connectivity index (χ0) is 12.6. The number of hydrogen-bond donors (Lipinski definition) is 2. The third kappa shape index (κ3) is 3.12. The van der Waals surface area contributed by atoms with E-state index in [1.807, 2.05) is 5.10 Å². The molecule has 1 heterocycles. The van der Waals surface area contributed by atoms with Gasteiger partial charge in [0.05, 0.1) is 0 Å². The molecule has 0 aliphatic rings. The third-order valence-corrected chi connectivity index (χ3v) is 1.78. The highest BCUT2D eigenvalue weighted by Crippen LogP contribution is 2.28. The molecule has 92 valence electrons. The number of nitrogens with one attached hydrogen (secondary N) is 1. The van der Waals surface area contributed by atoms with E-state index >= 15 is 0 Å². The van der Waals surface area contributed by atoms with E-state index in [2.05, 4.69) is 5.10 Å². The van der Waals surface area contributed by atoms with Crippen molar-refractivity contribution in [3.8, 4) is 0 Å². The van der Waals surface area contributed by atoms with Crippen LogP contribution >= 0.6 is 0 Å². The van der Waals surface area contributed by atoms with Crippen LogP contribution in [-0.2, 0) is 12.6 Å². The Morgan fingerprint density at radius 1 is 1.25 bits per heavy atom. The molecule has 1 unspecified atom stereocenters. The number of halogens is 6. The zero-order valence-electron chi connectivity index (χ0n) is 7.65. The summed E-state index contributed by atoms with van der Waals surface area (Å²) in [5.74, 6) is 0. The van der Waals surface area contributed by atoms with Crippen molar-refractivity contribution in [1.29, 1.82) is 0 Å². The molecule has 0 saturated heterocycles. The first-order valence-corrected chi connectivity index (χ1v) is 4.04. The van der Waals surface area contributed by atoms with Crippen LogP contribution in [0.3, 0.4) is 0 Å². The molecule has 9 heteroatoms. The largest absolute Gasteiger partial charge is 0.435 e. The fourth-order valence-electron chi connectivity index (χ4n) is 0.964. The molecule has 0 amide bonds. The van der Waals surface area contributed by atoms with Crippen LogP contribution in [0.25, 0.3) is 0 Å². The van der Waals surface area contributed by atoms with Gasteiger partial charge in [-0.05, 0) is 6.07 Å². The van der Waals surface area contributed by atoms with E-state index in [4.69, 9.17) is 5.73 Å². The average Bonchev–Trinajstić information content (AvgIpc) is 2.49. The lowest BCUT2D eigenvalue weighted by molar-refractivity contribution is -0.147. The second-order valence-electron chi connectivity index (χ2n) is 3.13. The van der Waals surface area contributed by atoms with Gasteiger partial charge in [0, 0.05) is 12.1 Å². The second-order valence-corrected chi connectivity index (χ2v) is 3.13. The molecule has 1 aromatic heterocycles. The minimum atomic E-state index is -4.68. The summed E-state index contributed by atoms with van der Waals surface area (Å²) >= 11 is 0. The minimum absolute atomic E-state index is 0.308. The van der Waals surface area contributed by atoms with Gasteiger partial charge in [-0.1, -0.05) is 0 Å². The quantitative estimate of drug-likeness (QED) is 0.784. The maximum atomic E-state index is 12.0. The number of nitrogens with zero attached hydrogens (tertiary/aromatic N) is 1. The smallest absolute Gasteiger partial charge is 0.320 e. The molecular weight excluding hydrogens is 240 g/mol. The Hall–Kier alpha value is -1.25. The zero-order valence-corrected chi connectivity index (χ0v) is 7.65. The number of H-pyrrole nitrogens is 1. The third-order valence-electron chi connectivity index (χ3n) is 1.78. The van der Waals surface area contributed by atoms with Crippen molar-refractivity contribution >= 4 is 0 Å². The summed E-state index contributed by atoms with van der Waals surface area (Å²) in [6.45, 7) is 0. The molecule has 3 nitrogen and oxygen atoms in total. The van der Waals surface area contributed by atoms with Crippen LogP contribution in [0.15, 0.2) is 6.07 Å². The van der Waals surface area contributed by atoms with Crippen LogP contribution < -0.4 is 5.73 Å². The van der Waals surface area contributed by atoms with Crippen LogP contribution in [0, 0.1) is 0 Å². The Morgan fingerprint density at radius 3 is 2.19 bits per heavy atom. The Bertz CT molecular complexity index is 352. The molecule has 16 heavy (non-hydrogen) atoms.